The van der Waals surface area contributed by atoms with Crippen LogP contribution in [-0.4, -0.2) is 33.4 Å². The number of methoxy groups -OCH3 is 1. The number of non-ortho nitro benzene ring substituents is 1. The molecule has 3 aromatic carbocycles. The molecule has 1 aliphatic heterocycles. The number of aromatic hydroxyl groups is 1. The summed E-state index contributed by atoms with van der Waals surface area (Å²) in [5, 5.41) is 29.4. The first kappa shape index (κ1) is 24.4. The van der Waals surface area contributed by atoms with Crippen LogP contribution in [0, 0.1) is 10.1 Å². The quantitative estimate of drug-likeness (QED) is 0.0733. The molecule has 2 atom stereocenters. The number of amides is 1. The van der Waals surface area contributed by atoms with Crippen molar-refractivity contribution in [2.45, 2.75) is 11.4 Å². The maximum atomic E-state index is 12.9. The Morgan fingerprint density at radius 1 is 1.08 bits per heavy atom. The SMILES string of the molecule is COc1ccc2cc(C3C(Cl)C(=O)N3c3cc(O)ccc3N=Nc3ccc([N+](=O)[O-])cc3)c(Cl)nc2c1. The van der Waals surface area contributed by atoms with Gasteiger partial charge in [-0.25, -0.2) is 4.98 Å². The van der Waals surface area contributed by atoms with Crippen molar-refractivity contribution in [3.05, 3.63) is 87.6 Å². The number of β-lactam (4-membered cyclic amide) rings is 1. The number of hydrogen-bond donors (Lipinski definition) is 1. The second-order valence-corrected chi connectivity index (χ2v) is 8.96. The van der Waals surface area contributed by atoms with Gasteiger partial charge in [0.15, 0.2) is 0 Å². The third-order valence-electron chi connectivity index (χ3n) is 5.91. The number of ether oxygens (including phenoxy) is 1. The van der Waals surface area contributed by atoms with Crippen LogP contribution in [0.4, 0.5) is 22.7 Å². The average molecular weight is 538 g/mol. The van der Waals surface area contributed by atoms with Crippen molar-refractivity contribution in [2.24, 2.45) is 10.2 Å². The summed E-state index contributed by atoms with van der Waals surface area (Å²) in [5.41, 5.74) is 1.97. The van der Waals surface area contributed by atoms with Crippen molar-refractivity contribution in [2.75, 3.05) is 12.0 Å². The van der Waals surface area contributed by atoms with Crippen molar-refractivity contribution in [1.29, 1.82) is 0 Å². The van der Waals surface area contributed by atoms with Crippen LogP contribution in [0.25, 0.3) is 10.9 Å². The molecule has 2 unspecified atom stereocenters. The van der Waals surface area contributed by atoms with Crippen LogP contribution in [0.3, 0.4) is 0 Å². The van der Waals surface area contributed by atoms with Gasteiger partial charge in [-0.2, -0.15) is 5.11 Å². The number of phenolic OH excluding ortho intramolecular Hbond substituents is 1. The van der Waals surface area contributed by atoms with Gasteiger partial charge >= 0.3 is 0 Å². The summed E-state index contributed by atoms with van der Waals surface area (Å²) in [7, 11) is 1.55. The number of halogens is 2. The van der Waals surface area contributed by atoms with E-state index in [0.29, 0.717) is 22.5 Å². The van der Waals surface area contributed by atoms with Gasteiger partial charge in [-0.1, -0.05) is 11.6 Å². The number of nitrogens with zero attached hydrogens (tertiary/aromatic N) is 5. The number of rotatable bonds is 6. The summed E-state index contributed by atoms with van der Waals surface area (Å²) >= 11 is 13.0. The monoisotopic (exact) mass is 537 g/mol. The van der Waals surface area contributed by atoms with Crippen LogP contribution >= 0.6 is 23.2 Å². The third kappa shape index (κ3) is 4.52. The largest absolute Gasteiger partial charge is 0.508 e. The van der Waals surface area contributed by atoms with Crippen LogP contribution in [-0.2, 0) is 4.79 Å². The normalized spacial score (nSPS) is 17.3. The van der Waals surface area contributed by atoms with E-state index in [1.54, 1.807) is 19.2 Å². The first-order valence-electron chi connectivity index (χ1n) is 10.9. The molecule has 10 nitrogen and oxygen atoms in total. The summed E-state index contributed by atoms with van der Waals surface area (Å²) < 4.78 is 5.24. The lowest BCUT2D eigenvalue weighted by molar-refractivity contribution is -0.384. The van der Waals surface area contributed by atoms with E-state index in [9.17, 15) is 20.0 Å². The van der Waals surface area contributed by atoms with Crippen LogP contribution < -0.4 is 9.64 Å². The fraction of sp³-hybridized carbons (Fsp3) is 0.120. The maximum Gasteiger partial charge on any atom is 0.269 e. The van der Waals surface area contributed by atoms with Gasteiger partial charge in [0.05, 0.1) is 35.0 Å². The second-order valence-electron chi connectivity index (χ2n) is 8.13. The molecule has 186 valence electrons. The lowest BCUT2D eigenvalue weighted by atomic mass is 9.92. The fourth-order valence-electron chi connectivity index (χ4n) is 4.04. The van der Waals surface area contributed by atoms with Gasteiger partial charge in [0, 0.05) is 35.2 Å². The number of fused-ring (bicyclic) bond motifs is 1. The van der Waals surface area contributed by atoms with Crippen LogP contribution in [0.2, 0.25) is 5.15 Å². The zero-order valence-electron chi connectivity index (χ0n) is 19.1. The molecule has 12 heteroatoms. The third-order valence-corrected chi connectivity index (χ3v) is 6.63. The highest BCUT2D eigenvalue weighted by atomic mass is 35.5. The molecule has 5 rings (SSSR count). The van der Waals surface area contributed by atoms with Crippen molar-refractivity contribution in [3.63, 3.8) is 0 Å². The van der Waals surface area contributed by atoms with E-state index < -0.39 is 22.2 Å². The van der Waals surface area contributed by atoms with E-state index in [1.165, 1.54) is 47.4 Å². The number of phenols is 1. The van der Waals surface area contributed by atoms with E-state index in [-0.39, 0.29) is 28.0 Å². The summed E-state index contributed by atoms with van der Waals surface area (Å²) in [5.74, 6) is 0.126. The van der Waals surface area contributed by atoms with Crippen molar-refractivity contribution >= 4 is 62.8 Å². The molecule has 4 aromatic rings. The smallest absolute Gasteiger partial charge is 0.269 e. The standard InChI is InChI=1S/C25H17Cl2N5O5/c1-37-17-8-2-13-10-18(24(27)28-20(13)12-17)23-22(26)25(34)31(23)21-11-16(33)7-9-19(21)30-29-14-3-5-15(6-4-14)32(35)36/h2-12,22-23,33H,1H3. The number of aromatic nitrogens is 1. The summed E-state index contributed by atoms with van der Waals surface area (Å²) in [6.07, 6.45) is 0. The Bertz CT molecular complexity index is 1580. The Hall–Kier alpha value is -4.28. The Morgan fingerprint density at radius 2 is 1.84 bits per heavy atom. The molecule has 0 aliphatic carbocycles. The molecule has 1 aromatic heterocycles. The minimum Gasteiger partial charge on any atom is -0.508 e. The Labute approximate surface area is 219 Å². The highest BCUT2D eigenvalue weighted by molar-refractivity contribution is 6.38. The molecule has 0 bridgehead atoms. The number of pyridine rings is 1. The highest BCUT2D eigenvalue weighted by Gasteiger charge is 2.50. The molecule has 1 amide bonds. The van der Waals surface area contributed by atoms with Crippen molar-refractivity contribution < 1.29 is 19.6 Å². The number of alkyl halides is 1. The van der Waals surface area contributed by atoms with E-state index in [1.807, 2.05) is 12.1 Å². The van der Waals surface area contributed by atoms with Crippen LogP contribution in [0.15, 0.2) is 77.0 Å². The number of benzene rings is 3. The Balaban J connectivity index is 1.53. The lowest BCUT2D eigenvalue weighted by Crippen LogP contribution is -2.56. The molecular formula is C25H17Cl2N5O5. The van der Waals surface area contributed by atoms with E-state index >= 15 is 0 Å². The first-order chi connectivity index (χ1) is 17.8. The molecule has 37 heavy (non-hydrogen) atoms. The van der Waals surface area contributed by atoms with Crippen LogP contribution in [0.5, 0.6) is 11.5 Å². The zero-order valence-corrected chi connectivity index (χ0v) is 20.6. The zero-order chi connectivity index (χ0) is 26.3. The molecule has 0 saturated carbocycles. The Morgan fingerprint density at radius 3 is 2.54 bits per heavy atom. The highest BCUT2D eigenvalue weighted by Crippen LogP contribution is 2.48. The van der Waals surface area contributed by atoms with Gasteiger partial charge in [-0.15, -0.1) is 16.7 Å². The van der Waals surface area contributed by atoms with Gasteiger partial charge in [0.25, 0.3) is 5.69 Å². The minimum atomic E-state index is -0.920. The van der Waals surface area contributed by atoms with Gasteiger partial charge in [0.2, 0.25) is 5.91 Å². The van der Waals surface area contributed by atoms with E-state index in [4.69, 9.17) is 27.9 Å². The predicted molar refractivity (Wildman–Crippen MR) is 139 cm³/mol. The van der Waals surface area contributed by atoms with E-state index in [0.717, 1.165) is 5.39 Å². The number of azo groups is 1. The summed E-state index contributed by atoms with van der Waals surface area (Å²) in [6.45, 7) is 0. The lowest BCUT2D eigenvalue weighted by Gasteiger charge is -2.44. The minimum absolute atomic E-state index is 0.0780. The van der Waals surface area contributed by atoms with E-state index in [2.05, 4.69) is 15.2 Å². The number of carbonyl (C=O) groups is 1. The second kappa shape index (κ2) is 9.64. The molecule has 1 N–H and O–H groups in total. The molecule has 2 heterocycles. The van der Waals surface area contributed by atoms with Crippen molar-refractivity contribution in [3.8, 4) is 11.5 Å². The topological polar surface area (TPSA) is 131 Å². The Kier molecular flexibility index (Phi) is 6.36. The molecule has 1 fully saturated rings. The number of anilines is 1. The van der Waals surface area contributed by atoms with Gasteiger partial charge in [-0.3, -0.25) is 19.8 Å². The fourth-order valence-corrected chi connectivity index (χ4v) is 4.65. The molecule has 0 radical (unpaired) electrons. The number of carbonyl (C=O) groups excluding carboxylic acids is 1. The number of nitro groups is 1. The predicted octanol–water partition coefficient (Wildman–Crippen LogP) is 6.62. The molecule has 1 saturated heterocycles. The summed E-state index contributed by atoms with van der Waals surface area (Å²) in [6, 6.07) is 16.3. The molecular weight excluding hydrogens is 521 g/mol. The molecule has 0 spiro atoms. The molecule has 1 aliphatic rings. The first-order valence-corrected chi connectivity index (χ1v) is 11.7. The van der Waals surface area contributed by atoms with Gasteiger partial charge in [0.1, 0.15) is 27.7 Å². The van der Waals surface area contributed by atoms with Crippen molar-refractivity contribution in [1.82, 2.24) is 4.98 Å². The van der Waals surface area contributed by atoms with Gasteiger partial charge in [-0.05, 0) is 42.5 Å². The van der Waals surface area contributed by atoms with Gasteiger partial charge < -0.3 is 9.84 Å². The van der Waals surface area contributed by atoms with Crippen LogP contribution in [0.1, 0.15) is 11.6 Å². The average Bonchev–Trinajstić information content (AvgIpc) is 2.90. The number of hydrogen-bond acceptors (Lipinski definition) is 8. The maximum absolute atomic E-state index is 12.9. The summed E-state index contributed by atoms with van der Waals surface area (Å²) in [4.78, 5) is 29.1. The number of nitro benzene ring substituents is 1.